The molecular weight excluding hydrogens is 288 g/mol. The summed E-state index contributed by atoms with van der Waals surface area (Å²) < 4.78 is 0. The van der Waals surface area contributed by atoms with Gasteiger partial charge in [0.25, 0.3) is 5.91 Å². The Morgan fingerprint density at radius 2 is 1.83 bits per heavy atom. The first kappa shape index (κ1) is 14.8. The minimum absolute atomic E-state index is 0.177. The van der Waals surface area contributed by atoms with E-state index in [0.29, 0.717) is 23.6 Å². The maximum absolute atomic E-state index is 12.3. The Bertz CT molecular complexity index is 804. The summed E-state index contributed by atoms with van der Waals surface area (Å²) in [4.78, 5) is 25.3. The van der Waals surface area contributed by atoms with E-state index < -0.39 is 0 Å². The van der Waals surface area contributed by atoms with Crippen LogP contribution >= 0.6 is 0 Å². The molecule has 0 fully saturated rings. The van der Waals surface area contributed by atoms with E-state index in [4.69, 9.17) is 0 Å². The minimum Gasteiger partial charge on any atom is -0.352 e. The maximum Gasteiger partial charge on any atom is 0.255 e. The molecule has 0 saturated heterocycles. The number of nitrogens with zero attached hydrogens (tertiary/aromatic N) is 3. The highest BCUT2D eigenvalue weighted by atomic mass is 16.1. The van der Waals surface area contributed by atoms with Crippen molar-refractivity contribution in [3.05, 3.63) is 66.6 Å². The Morgan fingerprint density at radius 3 is 2.52 bits per heavy atom. The first-order valence-corrected chi connectivity index (χ1v) is 7.40. The number of aromatic nitrogens is 3. The van der Waals surface area contributed by atoms with Gasteiger partial charge in [-0.2, -0.15) is 0 Å². The van der Waals surface area contributed by atoms with E-state index in [1.165, 1.54) is 0 Å². The molecule has 1 aromatic carbocycles. The lowest BCUT2D eigenvalue weighted by molar-refractivity contribution is 0.0956. The molecule has 3 aromatic rings. The largest absolute Gasteiger partial charge is 0.352 e. The number of amides is 1. The van der Waals surface area contributed by atoms with Crippen LogP contribution in [0.3, 0.4) is 0 Å². The van der Waals surface area contributed by atoms with Gasteiger partial charge in [-0.05, 0) is 19.1 Å². The van der Waals surface area contributed by atoms with Crippen LogP contribution in [0.1, 0.15) is 17.3 Å². The minimum atomic E-state index is -0.177. The number of carbonyl (C=O) groups is 1. The van der Waals surface area contributed by atoms with Gasteiger partial charge in [-0.3, -0.25) is 9.78 Å². The lowest BCUT2D eigenvalue weighted by atomic mass is 10.1. The van der Waals surface area contributed by atoms with Gasteiger partial charge in [0, 0.05) is 36.3 Å². The number of pyridine rings is 1. The summed E-state index contributed by atoms with van der Waals surface area (Å²) in [5.41, 5.74) is 2.77. The molecule has 1 N–H and O–H groups in total. The number of rotatable bonds is 4. The van der Waals surface area contributed by atoms with Crippen LogP contribution in [-0.4, -0.2) is 27.4 Å². The third-order valence-electron chi connectivity index (χ3n) is 3.34. The molecule has 114 valence electrons. The predicted molar refractivity (Wildman–Crippen MR) is 88.7 cm³/mol. The van der Waals surface area contributed by atoms with E-state index in [1.807, 2.05) is 49.4 Å². The fraction of sp³-hybridized carbons (Fsp3) is 0.111. The van der Waals surface area contributed by atoms with Gasteiger partial charge in [-0.1, -0.05) is 30.3 Å². The van der Waals surface area contributed by atoms with Gasteiger partial charge in [-0.25, -0.2) is 9.97 Å². The fourth-order valence-electron chi connectivity index (χ4n) is 2.25. The summed E-state index contributed by atoms with van der Waals surface area (Å²) in [7, 11) is 0. The molecule has 23 heavy (non-hydrogen) atoms. The van der Waals surface area contributed by atoms with Crippen molar-refractivity contribution in [2.24, 2.45) is 0 Å². The van der Waals surface area contributed by atoms with Crippen LogP contribution in [-0.2, 0) is 0 Å². The van der Waals surface area contributed by atoms with Gasteiger partial charge in [0.1, 0.15) is 0 Å². The third kappa shape index (κ3) is 3.23. The molecule has 5 nitrogen and oxygen atoms in total. The van der Waals surface area contributed by atoms with E-state index in [0.717, 1.165) is 11.1 Å². The normalized spacial score (nSPS) is 10.3. The van der Waals surface area contributed by atoms with Crippen molar-refractivity contribution in [3.63, 3.8) is 0 Å². The number of nitrogens with one attached hydrogen (secondary N) is 1. The lowest BCUT2D eigenvalue weighted by Gasteiger charge is -2.10. The molecule has 0 saturated carbocycles. The van der Waals surface area contributed by atoms with Crippen LogP contribution in [0.15, 0.2) is 61.1 Å². The standard InChI is InChI=1S/C18H16N4O/c1-2-20-18(23)15-12-21-17(14-9-6-10-19-11-14)22-16(15)13-7-4-3-5-8-13/h3-12H,2H2,1H3,(H,20,23). The molecule has 0 aliphatic heterocycles. The average molecular weight is 304 g/mol. The van der Waals surface area contributed by atoms with Crippen molar-refractivity contribution in [2.45, 2.75) is 6.92 Å². The molecule has 0 aliphatic carbocycles. The second-order valence-corrected chi connectivity index (χ2v) is 4.92. The van der Waals surface area contributed by atoms with Crippen LogP contribution < -0.4 is 5.32 Å². The second kappa shape index (κ2) is 6.79. The first-order valence-electron chi connectivity index (χ1n) is 7.40. The summed E-state index contributed by atoms with van der Waals surface area (Å²) >= 11 is 0. The number of hydrogen-bond acceptors (Lipinski definition) is 4. The Balaban J connectivity index is 2.13. The van der Waals surface area contributed by atoms with Gasteiger partial charge >= 0.3 is 0 Å². The Labute approximate surface area is 134 Å². The SMILES string of the molecule is CCNC(=O)c1cnc(-c2cccnc2)nc1-c1ccccc1. The highest BCUT2D eigenvalue weighted by Crippen LogP contribution is 2.24. The van der Waals surface area contributed by atoms with E-state index in [1.54, 1.807) is 18.6 Å². The molecular formula is C18H16N4O. The van der Waals surface area contributed by atoms with Crippen LogP contribution in [0, 0.1) is 0 Å². The molecule has 0 spiro atoms. The molecule has 2 heterocycles. The summed E-state index contributed by atoms with van der Waals surface area (Å²) in [5, 5.41) is 2.80. The van der Waals surface area contributed by atoms with Crippen molar-refractivity contribution < 1.29 is 4.79 Å². The molecule has 3 rings (SSSR count). The molecule has 0 aliphatic rings. The zero-order chi connectivity index (χ0) is 16.1. The smallest absolute Gasteiger partial charge is 0.255 e. The quantitative estimate of drug-likeness (QED) is 0.804. The molecule has 0 radical (unpaired) electrons. The van der Waals surface area contributed by atoms with Crippen LogP contribution in [0.25, 0.3) is 22.6 Å². The Kier molecular flexibility index (Phi) is 4.38. The van der Waals surface area contributed by atoms with Gasteiger partial charge in [0.05, 0.1) is 11.3 Å². The monoisotopic (exact) mass is 304 g/mol. The maximum atomic E-state index is 12.3. The molecule has 0 bridgehead atoms. The predicted octanol–water partition coefficient (Wildman–Crippen LogP) is 2.96. The highest BCUT2D eigenvalue weighted by molar-refractivity contribution is 5.99. The third-order valence-corrected chi connectivity index (χ3v) is 3.34. The van der Waals surface area contributed by atoms with E-state index in [2.05, 4.69) is 20.3 Å². The summed E-state index contributed by atoms with van der Waals surface area (Å²) in [6.07, 6.45) is 4.98. The van der Waals surface area contributed by atoms with Crippen molar-refractivity contribution in [1.29, 1.82) is 0 Å². The van der Waals surface area contributed by atoms with Crippen LogP contribution in [0.2, 0.25) is 0 Å². The summed E-state index contributed by atoms with van der Waals surface area (Å²) in [5.74, 6) is 0.370. The summed E-state index contributed by atoms with van der Waals surface area (Å²) in [6.45, 7) is 2.43. The number of benzene rings is 1. The van der Waals surface area contributed by atoms with Crippen molar-refractivity contribution in [1.82, 2.24) is 20.3 Å². The number of carbonyl (C=O) groups excluding carboxylic acids is 1. The van der Waals surface area contributed by atoms with Crippen molar-refractivity contribution in [3.8, 4) is 22.6 Å². The van der Waals surface area contributed by atoms with E-state index in [9.17, 15) is 4.79 Å². The van der Waals surface area contributed by atoms with Crippen LogP contribution in [0.4, 0.5) is 0 Å². The summed E-state index contributed by atoms with van der Waals surface area (Å²) in [6, 6.07) is 13.3. The topological polar surface area (TPSA) is 67.8 Å². The van der Waals surface area contributed by atoms with Gasteiger partial charge in [-0.15, -0.1) is 0 Å². The molecule has 5 heteroatoms. The molecule has 0 unspecified atom stereocenters. The number of hydrogen-bond donors (Lipinski definition) is 1. The van der Waals surface area contributed by atoms with Crippen molar-refractivity contribution >= 4 is 5.91 Å². The zero-order valence-electron chi connectivity index (χ0n) is 12.7. The lowest BCUT2D eigenvalue weighted by Crippen LogP contribution is -2.24. The van der Waals surface area contributed by atoms with Crippen molar-refractivity contribution in [2.75, 3.05) is 6.54 Å². The zero-order valence-corrected chi connectivity index (χ0v) is 12.7. The van der Waals surface area contributed by atoms with E-state index >= 15 is 0 Å². The molecule has 2 aromatic heterocycles. The Morgan fingerprint density at radius 1 is 1.04 bits per heavy atom. The van der Waals surface area contributed by atoms with Crippen LogP contribution in [0.5, 0.6) is 0 Å². The average Bonchev–Trinajstić information content (AvgIpc) is 2.63. The van der Waals surface area contributed by atoms with Gasteiger partial charge in [0.2, 0.25) is 0 Å². The van der Waals surface area contributed by atoms with E-state index in [-0.39, 0.29) is 5.91 Å². The second-order valence-electron chi connectivity index (χ2n) is 4.92. The molecule has 1 amide bonds. The van der Waals surface area contributed by atoms with Gasteiger partial charge in [0.15, 0.2) is 5.82 Å². The molecule has 0 atom stereocenters. The first-order chi connectivity index (χ1) is 11.3. The highest BCUT2D eigenvalue weighted by Gasteiger charge is 2.16. The Hall–Kier alpha value is -3.08. The van der Waals surface area contributed by atoms with Gasteiger partial charge < -0.3 is 5.32 Å². The fourth-order valence-corrected chi connectivity index (χ4v) is 2.25.